The van der Waals surface area contributed by atoms with Crippen LogP contribution >= 0.6 is 0 Å². The predicted octanol–water partition coefficient (Wildman–Crippen LogP) is 4.10. The fourth-order valence-corrected chi connectivity index (χ4v) is 3.04. The van der Waals surface area contributed by atoms with Crippen molar-refractivity contribution in [3.05, 3.63) is 29.3 Å². The molecule has 1 aliphatic heterocycles. The monoisotopic (exact) mass is 386 g/mol. The number of amides is 1. The number of ether oxygens (including phenoxy) is 1. The van der Waals surface area contributed by atoms with Gasteiger partial charge in [0.1, 0.15) is 5.75 Å². The minimum Gasteiger partial charge on any atom is -0.484 e. The van der Waals surface area contributed by atoms with Crippen LogP contribution in [0.25, 0.3) is 0 Å². The quantitative estimate of drug-likeness (QED) is 0.718. The van der Waals surface area contributed by atoms with Crippen LogP contribution in [0.1, 0.15) is 50.2 Å². The third-order valence-electron chi connectivity index (χ3n) is 4.36. The normalized spacial score (nSPS) is 20.0. The summed E-state index contributed by atoms with van der Waals surface area (Å²) in [6, 6.07) is 5.27. The molecule has 0 aliphatic carbocycles. The van der Waals surface area contributed by atoms with Gasteiger partial charge in [-0.1, -0.05) is 25.8 Å². The summed E-state index contributed by atoms with van der Waals surface area (Å²) in [5.41, 5.74) is -1.34. The number of carbonyl (C=O) groups excluding carboxylic acids is 1. The zero-order valence-electron chi connectivity index (χ0n) is 15.8. The van der Waals surface area contributed by atoms with E-state index < -0.39 is 30.8 Å². The Labute approximate surface area is 156 Å². The highest BCUT2D eigenvalue weighted by molar-refractivity contribution is 5.91. The standard InChI is InChI=1S/C19H25F3N2O3/c1-4-5-6-7-15-11-18(26,19(20,21)22)24(23-15)17(25)12-27-16-9-13(2)8-14(3)10-16/h8-10,26H,4-7,11-12H2,1-3H3/t18-/m0/s1. The van der Waals surface area contributed by atoms with Crippen molar-refractivity contribution in [2.75, 3.05) is 6.61 Å². The summed E-state index contributed by atoms with van der Waals surface area (Å²) in [6.45, 7) is 5.02. The first-order valence-corrected chi connectivity index (χ1v) is 8.96. The molecule has 8 heteroatoms. The second kappa shape index (κ2) is 8.29. The van der Waals surface area contributed by atoms with E-state index in [1.807, 2.05) is 26.8 Å². The summed E-state index contributed by atoms with van der Waals surface area (Å²) >= 11 is 0. The topological polar surface area (TPSA) is 62.1 Å². The van der Waals surface area contributed by atoms with E-state index in [0.717, 1.165) is 24.0 Å². The Hall–Kier alpha value is -2.09. The van der Waals surface area contributed by atoms with Crippen LogP contribution in [0.15, 0.2) is 23.3 Å². The molecule has 0 unspecified atom stereocenters. The summed E-state index contributed by atoms with van der Waals surface area (Å²) < 4.78 is 45.6. The van der Waals surface area contributed by atoms with Crippen molar-refractivity contribution in [3.8, 4) is 5.75 Å². The molecule has 1 aromatic rings. The van der Waals surface area contributed by atoms with Crippen molar-refractivity contribution in [2.45, 2.75) is 64.8 Å². The predicted molar refractivity (Wildman–Crippen MR) is 95.5 cm³/mol. The van der Waals surface area contributed by atoms with Gasteiger partial charge in [-0.2, -0.15) is 23.3 Å². The van der Waals surface area contributed by atoms with Gasteiger partial charge in [0.05, 0.1) is 0 Å². The molecule has 0 bridgehead atoms. The molecule has 1 amide bonds. The van der Waals surface area contributed by atoms with Gasteiger partial charge in [0, 0.05) is 12.1 Å². The third kappa shape index (κ3) is 5.00. The van der Waals surface area contributed by atoms with Crippen molar-refractivity contribution in [3.63, 3.8) is 0 Å². The molecule has 2 rings (SSSR count). The van der Waals surface area contributed by atoms with Crippen LogP contribution in [0.2, 0.25) is 0 Å². The summed E-state index contributed by atoms with van der Waals surface area (Å²) in [7, 11) is 0. The average Bonchev–Trinajstić information content (AvgIpc) is 2.90. The van der Waals surface area contributed by atoms with Crippen molar-refractivity contribution in [1.82, 2.24) is 5.01 Å². The molecular formula is C19H25F3N2O3. The van der Waals surface area contributed by atoms with Gasteiger partial charge in [-0.05, 0) is 49.9 Å². The van der Waals surface area contributed by atoms with Gasteiger partial charge < -0.3 is 9.84 Å². The largest absolute Gasteiger partial charge is 0.484 e. The van der Waals surface area contributed by atoms with E-state index in [9.17, 15) is 23.1 Å². The lowest BCUT2D eigenvalue weighted by atomic mass is 10.0. The number of alkyl halides is 3. The van der Waals surface area contributed by atoms with Gasteiger partial charge in [-0.3, -0.25) is 4.79 Å². The van der Waals surface area contributed by atoms with E-state index in [4.69, 9.17) is 4.74 Å². The maximum absolute atomic E-state index is 13.4. The van der Waals surface area contributed by atoms with E-state index in [-0.39, 0.29) is 10.7 Å². The number of carbonyl (C=O) groups is 1. The molecule has 0 saturated heterocycles. The molecule has 150 valence electrons. The first kappa shape index (κ1) is 21.2. The zero-order valence-corrected chi connectivity index (χ0v) is 15.8. The minimum absolute atomic E-state index is 0.136. The molecule has 1 aliphatic rings. The minimum atomic E-state index is -5.02. The molecule has 1 aromatic carbocycles. The van der Waals surface area contributed by atoms with Gasteiger partial charge >= 0.3 is 6.18 Å². The maximum atomic E-state index is 13.4. The van der Waals surface area contributed by atoms with Crippen LogP contribution in [-0.2, 0) is 4.79 Å². The molecule has 1 atom stereocenters. The second-order valence-electron chi connectivity index (χ2n) is 6.93. The molecule has 0 aromatic heterocycles. The summed E-state index contributed by atoms with van der Waals surface area (Å²) in [4.78, 5) is 12.4. The number of nitrogens with zero attached hydrogens (tertiary/aromatic N) is 2. The van der Waals surface area contributed by atoms with Gasteiger partial charge in [-0.15, -0.1) is 0 Å². The summed E-state index contributed by atoms with van der Waals surface area (Å²) in [5.74, 6) is -0.665. The Balaban J connectivity index is 2.13. The number of hydrazone groups is 1. The van der Waals surface area contributed by atoms with Crippen LogP contribution in [0.3, 0.4) is 0 Å². The lowest BCUT2D eigenvalue weighted by Gasteiger charge is -2.32. The number of aliphatic hydroxyl groups is 1. The maximum Gasteiger partial charge on any atom is 0.438 e. The highest BCUT2D eigenvalue weighted by Gasteiger charge is 2.63. The number of aryl methyl sites for hydroxylation is 2. The molecule has 1 N–H and O–H groups in total. The fourth-order valence-electron chi connectivity index (χ4n) is 3.04. The van der Waals surface area contributed by atoms with Crippen LogP contribution in [0, 0.1) is 13.8 Å². The van der Waals surface area contributed by atoms with E-state index in [2.05, 4.69) is 5.10 Å². The van der Waals surface area contributed by atoms with E-state index >= 15 is 0 Å². The highest BCUT2D eigenvalue weighted by atomic mass is 19.4. The summed E-state index contributed by atoms with van der Waals surface area (Å²) in [5, 5.41) is 14.1. The molecule has 0 fully saturated rings. The number of hydrogen-bond acceptors (Lipinski definition) is 4. The molecule has 0 radical (unpaired) electrons. The SMILES string of the molecule is CCCCCC1=NN(C(=O)COc2cc(C)cc(C)c2)[C@@](O)(C(F)(F)F)C1. The number of rotatable bonds is 7. The molecular weight excluding hydrogens is 361 g/mol. The molecule has 27 heavy (non-hydrogen) atoms. The lowest BCUT2D eigenvalue weighted by molar-refractivity contribution is -0.302. The van der Waals surface area contributed by atoms with Crippen LogP contribution in [0.5, 0.6) is 5.75 Å². The molecule has 5 nitrogen and oxygen atoms in total. The van der Waals surface area contributed by atoms with Crippen LogP contribution in [-0.4, -0.2) is 40.2 Å². The number of unbranched alkanes of at least 4 members (excludes halogenated alkanes) is 2. The third-order valence-corrected chi connectivity index (χ3v) is 4.36. The Morgan fingerprint density at radius 2 is 1.89 bits per heavy atom. The van der Waals surface area contributed by atoms with Gasteiger partial charge in [0.15, 0.2) is 6.61 Å². The molecule has 0 spiro atoms. The lowest BCUT2D eigenvalue weighted by Crippen LogP contribution is -2.57. The smallest absolute Gasteiger partial charge is 0.438 e. The van der Waals surface area contributed by atoms with Gasteiger partial charge in [-0.25, -0.2) is 0 Å². The first-order chi connectivity index (χ1) is 12.6. The number of halogens is 3. The van der Waals surface area contributed by atoms with Crippen molar-refractivity contribution < 1.29 is 27.8 Å². The number of hydrogen-bond donors (Lipinski definition) is 1. The average molecular weight is 386 g/mol. The van der Waals surface area contributed by atoms with Crippen molar-refractivity contribution in [1.29, 1.82) is 0 Å². The number of benzene rings is 1. The molecule has 0 saturated carbocycles. The van der Waals surface area contributed by atoms with Gasteiger partial charge in [0.2, 0.25) is 0 Å². The second-order valence-corrected chi connectivity index (χ2v) is 6.93. The Bertz CT molecular complexity index is 698. The highest BCUT2D eigenvalue weighted by Crippen LogP contribution is 2.41. The van der Waals surface area contributed by atoms with E-state index in [1.54, 1.807) is 12.1 Å². The van der Waals surface area contributed by atoms with Crippen molar-refractivity contribution in [2.24, 2.45) is 5.10 Å². The van der Waals surface area contributed by atoms with Crippen molar-refractivity contribution >= 4 is 11.6 Å². The van der Waals surface area contributed by atoms with Crippen LogP contribution in [0.4, 0.5) is 13.2 Å². The van der Waals surface area contributed by atoms with Crippen LogP contribution < -0.4 is 4.74 Å². The fraction of sp³-hybridized carbons (Fsp3) is 0.579. The first-order valence-electron chi connectivity index (χ1n) is 8.96. The zero-order chi connectivity index (χ0) is 20.2. The van der Waals surface area contributed by atoms with Gasteiger partial charge in [0.25, 0.3) is 11.6 Å². The Kier molecular flexibility index (Phi) is 6.51. The van der Waals surface area contributed by atoms with E-state index in [0.29, 0.717) is 18.6 Å². The van der Waals surface area contributed by atoms with E-state index in [1.165, 1.54) is 0 Å². The Morgan fingerprint density at radius 1 is 1.26 bits per heavy atom. The summed E-state index contributed by atoms with van der Waals surface area (Å²) in [6.07, 6.45) is -3.02. The Morgan fingerprint density at radius 3 is 2.44 bits per heavy atom. The molecule has 1 heterocycles.